The molecule has 1 fully saturated rings. The summed E-state index contributed by atoms with van der Waals surface area (Å²) in [6.45, 7) is 0. The summed E-state index contributed by atoms with van der Waals surface area (Å²) < 4.78 is 2.05. The Labute approximate surface area is 99.2 Å². The highest BCUT2D eigenvalue weighted by atomic mass is 35.5. The average Bonchev–Trinajstić information content (AvgIpc) is 2.84. The molecule has 4 heteroatoms. The highest BCUT2D eigenvalue weighted by Gasteiger charge is 2.34. The van der Waals surface area contributed by atoms with Gasteiger partial charge in [0.2, 0.25) is 0 Å². The van der Waals surface area contributed by atoms with Crippen LogP contribution in [-0.4, -0.2) is 9.38 Å². The summed E-state index contributed by atoms with van der Waals surface area (Å²) in [6, 6.07) is 3.79. The normalized spacial score (nSPS) is 19.4. The predicted molar refractivity (Wildman–Crippen MR) is 64.5 cm³/mol. The maximum absolute atomic E-state index is 6.41. The third kappa shape index (κ3) is 1.43. The summed E-state index contributed by atoms with van der Waals surface area (Å²) in [5.41, 5.74) is 7.18. The Morgan fingerprint density at radius 2 is 2.12 bits per heavy atom. The van der Waals surface area contributed by atoms with E-state index in [2.05, 4.69) is 9.38 Å². The summed E-state index contributed by atoms with van der Waals surface area (Å²) in [6.07, 6.45) is 8.22. The molecule has 0 bridgehead atoms. The Kier molecular flexibility index (Phi) is 2.19. The zero-order chi connectivity index (χ0) is 11.2. The highest BCUT2D eigenvalue weighted by molar-refractivity contribution is 6.30. The standard InChI is InChI=1S/C12H14ClN3/c13-9-3-6-16-10(7-9)8-15-11(16)12(14)4-1-2-5-12/h3,6-8H,1-2,4-5,14H2. The number of nitrogens with zero attached hydrogens (tertiary/aromatic N) is 2. The van der Waals surface area contributed by atoms with Gasteiger partial charge in [0, 0.05) is 11.2 Å². The van der Waals surface area contributed by atoms with Crippen molar-refractivity contribution in [2.24, 2.45) is 5.73 Å². The Morgan fingerprint density at radius 1 is 1.38 bits per heavy atom. The van der Waals surface area contributed by atoms with Crippen LogP contribution in [0.15, 0.2) is 24.5 Å². The molecule has 84 valence electrons. The maximum atomic E-state index is 6.41. The molecule has 0 spiro atoms. The minimum Gasteiger partial charge on any atom is -0.319 e. The van der Waals surface area contributed by atoms with Crippen molar-refractivity contribution in [1.29, 1.82) is 0 Å². The predicted octanol–water partition coefficient (Wildman–Crippen LogP) is 2.72. The number of nitrogens with two attached hydrogens (primary N) is 1. The molecule has 2 heterocycles. The second-order valence-corrected chi connectivity index (χ2v) is 5.02. The van der Waals surface area contributed by atoms with Crippen LogP contribution in [0, 0.1) is 0 Å². The molecule has 0 aromatic carbocycles. The zero-order valence-electron chi connectivity index (χ0n) is 8.99. The van der Waals surface area contributed by atoms with Gasteiger partial charge in [-0.05, 0) is 25.0 Å². The topological polar surface area (TPSA) is 43.3 Å². The van der Waals surface area contributed by atoms with Crippen molar-refractivity contribution in [3.63, 3.8) is 0 Å². The fourth-order valence-corrected chi connectivity index (χ4v) is 2.74. The molecule has 0 aliphatic heterocycles. The monoisotopic (exact) mass is 235 g/mol. The van der Waals surface area contributed by atoms with Crippen molar-refractivity contribution in [3.05, 3.63) is 35.4 Å². The molecule has 0 atom stereocenters. The van der Waals surface area contributed by atoms with Gasteiger partial charge in [0.1, 0.15) is 5.82 Å². The molecule has 1 aliphatic carbocycles. The van der Waals surface area contributed by atoms with Crippen molar-refractivity contribution in [2.75, 3.05) is 0 Å². The lowest BCUT2D eigenvalue weighted by atomic mass is 9.98. The molecule has 2 aromatic heterocycles. The van der Waals surface area contributed by atoms with E-state index in [-0.39, 0.29) is 5.54 Å². The van der Waals surface area contributed by atoms with Gasteiger partial charge in [-0.1, -0.05) is 24.4 Å². The third-order valence-corrected chi connectivity index (χ3v) is 3.67. The molecular formula is C12H14ClN3. The van der Waals surface area contributed by atoms with Crippen LogP contribution >= 0.6 is 11.6 Å². The molecule has 2 N–H and O–H groups in total. The summed E-state index contributed by atoms with van der Waals surface area (Å²) >= 11 is 5.95. The van der Waals surface area contributed by atoms with Crippen LogP contribution in [0.3, 0.4) is 0 Å². The van der Waals surface area contributed by atoms with E-state index in [1.807, 2.05) is 24.5 Å². The molecule has 1 aliphatic rings. The molecular weight excluding hydrogens is 222 g/mol. The van der Waals surface area contributed by atoms with E-state index in [9.17, 15) is 0 Å². The SMILES string of the molecule is NC1(c2ncc3cc(Cl)ccn23)CCCC1. The lowest BCUT2D eigenvalue weighted by Crippen LogP contribution is -2.35. The first kappa shape index (κ1) is 10.1. The summed E-state index contributed by atoms with van der Waals surface area (Å²) in [4.78, 5) is 4.47. The van der Waals surface area contributed by atoms with Crippen LogP contribution in [-0.2, 0) is 5.54 Å². The fraction of sp³-hybridized carbons (Fsp3) is 0.417. The van der Waals surface area contributed by atoms with Crippen LogP contribution in [0.4, 0.5) is 0 Å². The Balaban J connectivity index is 2.17. The maximum Gasteiger partial charge on any atom is 0.133 e. The minimum absolute atomic E-state index is 0.250. The number of aromatic nitrogens is 2. The van der Waals surface area contributed by atoms with E-state index in [4.69, 9.17) is 17.3 Å². The van der Waals surface area contributed by atoms with E-state index >= 15 is 0 Å². The van der Waals surface area contributed by atoms with Gasteiger partial charge in [0.05, 0.1) is 17.3 Å². The van der Waals surface area contributed by atoms with Crippen LogP contribution in [0.1, 0.15) is 31.5 Å². The molecule has 2 aromatic rings. The van der Waals surface area contributed by atoms with E-state index in [1.165, 1.54) is 12.8 Å². The first-order chi connectivity index (χ1) is 7.69. The number of pyridine rings is 1. The number of hydrogen-bond donors (Lipinski definition) is 1. The Bertz CT molecular complexity index is 526. The van der Waals surface area contributed by atoms with Crippen molar-refractivity contribution < 1.29 is 0 Å². The van der Waals surface area contributed by atoms with Gasteiger partial charge in [-0.25, -0.2) is 4.98 Å². The van der Waals surface area contributed by atoms with E-state index < -0.39 is 0 Å². The van der Waals surface area contributed by atoms with Crippen LogP contribution < -0.4 is 5.73 Å². The second kappa shape index (κ2) is 3.47. The lowest BCUT2D eigenvalue weighted by Gasteiger charge is -2.21. The third-order valence-electron chi connectivity index (χ3n) is 3.44. The number of imidazole rings is 1. The van der Waals surface area contributed by atoms with Crippen LogP contribution in [0.5, 0.6) is 0 Å². The summed E-state index contributed by atoms with van der Waals surface area (Å²) in [5, 5.41) is 0.733. The van der Waals surface area contributed by atoms with Crippen LogP contribution in [0.25, 0.3) is 5.52 Å². The van der Waals surface area contributed by atoms with Crippen molar-refractivity contribution in [2.45, 2.75) is 31.2 Å². The summed E-state index contributed by atoms with van der Waals surface area (Å²) in [7, 11) is 0. The van der Waals surface area contributed by atoms with Crippen LogP contribution in [0.2, 0.25) is 5.02 Å². The van der Waals surface area contributed by atoms with Gasteiger partial charge in [-0.2, -0.15) is 0 Å². The number of halogens is 1. The number of hydrogen-bond acceptors (Lipinski definition) is 2. The van der Waals surface area contributed by atoms with E-state index in [0.717, 1.165) is 29.2 Å². The van der Waals surface area contributed by atoms with Gasteiger partial charge in [-0.3, -0.25) is 0 Å². The molecule has 1 saturated carbocycles. The first-order valence-electron chi connectivity index (χ1n) is 5.61. The Hall–Kier alpha value is -1.06. The smallest absolute Gasteiger partial charge is 0.133 e. The first-order valence-corrected chi connectivity index (χ1v) is 5.99. The number of rotatable bonds is 1. The molecule has 16 heavy (non-hydrogen) atoms. The fourth-order valence-electron chi connectivity index (χ4n) is 2.57. The van der Waals surface area contributed by atoms with Gasteiger partial charge < -0.3 is 10.1 Å². The molecule has 3 nitrogen and oxygen atoms in total. The zero-order valence-corrected chi connectivity index (χ0v) is 9.74. The van der Waals surface area contributed by atoms with Gasteiger partial charge >= 0.3 is 0 Å². The van der Waals surface area contributed by atoms with Gasteiger partial charge in [-0.15, -0.1) is 0 Å². The van der Waals surface area contributed by atoms with E-state index in [1.54, 1.807) is 0 Å². The minimum atomic E-state index is -0.250. The van der Waals surface area contributed by atoms with Crippen molar-refractivity contribution >= 4 is 17.1 Å². The molecule has 0 radical (unpaired) electrons. The largest absolute Gasteiger partial charge is 0.319 e. The molecule has 0 amide bonds. The lowest BCUT2D eigenvalue weighted by molar-refractivity contribution is 0.430. The van der Waals surface area contributed by atoms with Gasteiger partial charge in [0.15, 0.2) is 0 Å². The van der Waals surface area contributed by atoms with Crippen molar-refractivity contribution in [3.8, 4) is 0 Å². The van der Waals surface area contributed by atoms with E-state index in [0.29, 0.717) is 0 Å². The summed E-state index contributed by atoms with van der Waals surface area (Å²) in [5.74, 6) is 0.969. The second-order valence-electron chi connectivity index (χ2n) is 4.58. The van der Waals surface area contributed by atoms with Crippen molar-refractivity contribution in [1.82, 2.24) is 9.38 Å². The van der Waals surface area contributed by atoms with Gasteiger partial charge in [0.25, 0.3) is 0 Å². The number of fused-ring (bicyclic) bond motifs is 1. The Morgan fingerprint density at radius 3 is 2.88 bits per heavy atom. The quantitative estimate of drug-likeness (QED) is 0.826. The average molecular weight is 236 g/mol. The molecule has 3 rings (SSSR count). The molecule has 0 saturated heterocycles. The molecule has 0 unspecified atom stereocenters. The highest BCUT2D eigenvalue weighted by Crippen LogP contribution is 2.35.